The van der Waals surface area contributed by atoms with Crippen molar-refractivity contribution in [1.82, 2.24) is 4.31 Å². The van der Waals surface area contributed by atoms with E-state index in [4.69, 9.17) is 16.3 Å². The molecule has 32 heavy (non-hydrogen) atoms. The van der Waals surface area contributed by atoms with Crippen molar-refractivity contribution >= 4 is 39.2 Å². The summed E-state index contributed by atoms with van der Waals surface area (Å²) in [5.41, 5.74) is 2.84. The molecule has 0 radical (unpaired) electrons. The molecule has 1 N–H and O–H groups in total. The molecule has 1 aliphatic rings. The van der Waals surface area contributed by atoms with Gasteiger partial charge in [0.25, 0.3) is 5.91 Å². The maximum atomic E-state index is 13.0. The lowest BCUT2D eigenvalue weighted by molar-refractivity contribution is -0.119. The van der Waals surface area contributed by atoms with Gasteiger partial charge in [-0.3, -0.25) is 4.79 Å². The normalized spacial score (nSPS) is 14.8. The van der Waals surface area contributed by atoms with Gasteiger partial charge in [-0.05, 0) is 68.5 Å². The summed E-state index contributed by atoms with van der Waals surface area (Å²) in [6.45, 7) is 5.82. The van der Waals surface area contributed by atoms with E-state index in [0.717, 1.165) is 30.4 Å². The van der Waals surface area contributed by atoms with Gasteiger partial charge < -0.3 is 10.1 Å². The van der Waals surface area contributed by atoms with E-state index in [-0.39, 0.29) is 10.5 Å². The van der Waals surface area contributed by atoms with Crippen molar-refractivity contribution in [2.24, 2.45) is 0 Å². The zero-order chi connectivity index (χ0) is 23.5. The van der Waals surface area contributed by atoms with Crippen LogP contribution in [-0.2, 0) is 19.6 Å². The van der Waals surface area contributed by atoms with Crippen LogP contribution in [0, 0.1) is 20.8 Å². The standard InChI is InChI=1S/C23H27ClN2O5S/c1-15-11-17(3)22(19(24)12-15)25-21(27)14-31-23(28)18-8-7-16(2)20(13-18)32(29,30)26-9-5-4-6-10-26/h7-8,11-13H,4-6,9-10,14H2,1-3H3,(H,25,27). The van der Waals surface area contributed by atoms with E-state index in [1.807, 2.05) is 19.9 Å². The van der Waals surface area contributed by atoms with Crippen LogP contribution in [0.5, 0.6) is 0 Å². The molecule has 2 aromatic carbocycles. The molecule has 1 fully saturated rings. The number of nitrogens with zero attached hydrogens (tertiary/aromatic N) is 1. The van der Waals surface area contributed by atoms with Crippen molar-refractivity contribution in [2.45, 2.75) is 44.9 Å². The third-order valence-electron chi connectivity index (χ3n) is 5.39. The second-order valence-electron chi connectivity index (χ2n) is 8.01. The highest BCUT2D eigenvalue weighted by Crippen LogP contribution is 2.27. The molecule has 0 unspecified atom stereocenters. The molecular formula is C23H27ClN2O5S. The summed E-state index contributed by atoms with van der Waals surface area (Å²) in [5.74, 6) is -1.32. The summed E-state index contributed by atoms with van der Waals surface area (Å²) >= 11 is 6.19. The Bertz CT molecular complexity index is 1120. The lowest BCUT2D eigenvalue weighted by Crippen LogP contribution is -2.36. The van der Waals surface area contributed by atoms with Crippen LogP contribution in [0.4, 0.5) is 5.69 Å². The van der Waals surface area contributed by atoms with E-state index >= 15 is 0 Å². The van der Waals surface area contributed by atoms with Crippen molar-refractivity contribution in [3.63, 3.8) is 0 Å². The molecule has 2 aromatic rings. The topological polar surface area (TPSA) is 92.8 Å². The monoisotopic (exact) mass is 478 g/mol. The highest BCUT2D eigenvalue weighted by molar-refractivity contribution is 7.89. The summed E-state index contributed by atoms with van der Waals surface area (Å²) in [6.07, 6.45) is 2.64. The van der Waals surface area contributed by atoms with Crippen LogP contribution in [0.15, 0.2) is 35.2 Å². The number of benzene rings is 2. The van der Waals surface area contributed by atoms with Crippen LogP contribution >= 0.6 is 11.6 Å². The minimum Gasteiger partial charge on any atom is -0.452 e. The number of piperidine rings is 1. The van der Waals surface area contributed by atoms with Crippen molar-refractivity contribution in [3.8, 4) is 0 Å². The molecule has 1 heterocycles. The van der Waals surface area contributed by atoms with E-state index in [2.05, 4.69) is 5.32 Å². The van der Waals surface area contributed by atoms with Crippen LogP contribution in [0.3, 0.4) is 0 Å². The number of aryl methyl sites for hydroxylation is 3. The summed E-state index contributed by atoms with van der Waals surface area (Å²) < 4.78 is 32.6. The SMILES string of the molecule is Cc1cc(C)c(NC(=O)COC(=O)c2ccc(C)c(S(=O)(=O)N3CCCCC3)c2)c(Cl)c1. The molecule has 0 atom stereocenters. The van der Waals surface area contributed by atoms with Gasteiger partial charge in [-0.15, -0.1) is 0 Å². The van der Waals surface area contributed by atoms with Crippen molar-refractivity contribution < 1.29 is 22.7 Å². The van der Waals surface area contributed by atoms with Gasteiger partial charge in [-0.1, -0.05) is 30.2 Å². The molecule has 3 rings (SSSR count). The fourth-order valence-electron chi connectivity index (χ4n) is 3.71. The zero-order valence-electron chi connectivity index (χ0n) is 18.4. The van der Waals surface area contributed by atoms with Crippen molar-refractivity contribution in [3.05, 3.63) is 57.6 Å². The Morgan fingerprint density at radius 1 is 1.03 bits per heavy atom. The van der Waals surface area contributed by atoms with Crippen LogP contribution in [0.2, 0.25) is 5.02 Å². The number of nitrogens with one attached hydrogen (secondary N) is 1. The van der Waals surface area contributed by atoms with Gasteiger partial charge in [0.15, 0.2) is 6.61 Å². The first-order valence-corrected chi connectivity index (χ1v) is 12.3. The maximum absolute atomic E-state index is 13.0. The number of anilines is 1. The van der Waals surface area contributed by atoms with E-state index in [9.17, 15) is 18.0 Å². The molecule has 172 valence electrons. The van der Waals surface area contributed by atoms with Gasteiger partial charge in [0.05, 0.1) is 21.2 Å². The summed E-state index contributed by atoms with van der Waals surface area (Å²) in [7, 11) is -3.70. The molecule has 1 aliphatic heterocycles. The van der Waals surface area contributed by atoms with Crippen LogP contribution in [-0.4, -0.2) is 44.3 Å². The first-order valence-electron chi connectivity index (χ1n) is 10.4. The summed E-state index contributed by atoms with van der Waals surface area (Å²) in [4.78, 5) is 24.9. The molecule has 0 bridgehead atoms. The Hall–Kier alpha value is -2.42. The van der Waals surface area contributed by atoms with E-state index in [1.54, 1.807) is 19.1 Å². The second kappa shape index (κ2) is 10.0. The second-order valence-corrected chi connectivity index (χ2v) is 10.3. The number of carbonyl (C=O) groups is 2. The first kappa shape index (κ1) is 24.2. The number of halogens is 1. The van der Waals surface area contributed by atoms with Gasteiger partial charge in [0.2, 0.25) is 10.0 Å². The minimum atomic E-state index is -3.70. The van der Waals surface area contributed by atoms with Gasteiger partial charge in [0, 0.05) is 13.1 Å². The molecule has 9 heteroatoms. The fraction of sp³-hybridized carbons (Fsp3) is 0.391. The number of hydrogen-bond donors (Lipinski definition) is 1. The van der Waals surface area contributed by atoms with Crippen LogP contribution in [0.1, 0.15) is 46.3 Å². The van der Waals surface area contributed by atoms with E-state index in [1.165, 1.54) is 16.4 Å². The number of hydrogen-bond acceptors (Lipinski definition) is 5. The molecule has 1 amide bonds. The average molecular weight is 479 g/mol. The van der Waals surface area contributed by atoms with Gasteiger partial charge >= 0.3 is 5.97 Å². The fourth-order valence-corrected chi connectivity index (χ4v) is 5.85. The predicted octanol–water partition coefficient (Wildman–Crippen LogP) is 4.24. The summed E-state index contributed by atoms with van der Waals surface area (Å²) in [5, 5.41) is 3.05. The molecule has 1 saturated heterocycles. The van der Waals surface area contributed by atoms with Gasteiger partial charge in [-0.25, -0.2) is 13.2 Å². The van der Waals surface area contributed by atoms with E-state index in [0.29, 0.717) is 29.4 Å². The number of carbonyl (C=O) groups excluding carboxylic acids is 2. The molecule has 0 aromatic heterocycles. The highest BCUT2D eigenvalue weighted by atomic mass is 35.5. The van der Waals surface area contributed by atoms with Gasteiger partial charge in [0.1, 0.15) is 0 Å². The third kappa shape index (κ3) is 5.49. The number of sulfonamides is 1. The quantitative estimate of drug-likeness (QED) is 0.627. The maximum Gasteiger partial charge on any atom is 0.338 e. The highest BCUT2D eigenvalue weighted by Gasteiger charge is 2.28. The Balaban J connectivity index is 1.69. The Labute approximate surface area is 193 Å². The average Bonchev–Trinajstić information content (AvgIpc) is 2.75. The third-order valence-corrected chi connectivity index (χ3v) is 7.73. The predicted molar refractivity (Wildman–Crippen MR) is 124 cm³/mol. The zero-order valence-corrected chi connectivity index (χ0v) is 20.0. The molecular weight excluding hydrogens is 452 g/mol. The largest absolute Gasteiger partial charge is 0.452 e. The Morgan fingerprint density at radius 2 is 1.72 bits per heavy atom. The summed E-state index contributed by atoms with van der Waals surface area (Å²) in [6, 6.07) is 7.99. The number of amides is 1. The first-order chi connectivity index (χ1) is 15.1. The van der Waals surface area contributed by atoms with Crippen molar-refractivity contribution in [2.75, 3.05) is 25.0 Å². The Kier molecular flexibility index (Phi) is 7.59. The van der Waals surface area contributed by atoms with Crippen LogP contribution in [0.25, 0.3) is 0 Å². The lowest BCUT2D eigenvalue weighted by Gasteiger charge is -2.26. The number of esters is 1. The number of ether oxygens (including phenoxy) is 1. The molecule has 0 spiro atoms. The number of rotatable bonds is 6. The molecule has 0 saturated carbocycles. The van der Waals surface area contributed by atoms with Gasteiger partial charge in [-0.2, -0.15) is 4.31 Å². The van der Waals surface area contributed by atoms with E-state index < -0.39 is 28.5 Å². The Morgan fingerprint density at radius 3 is 2.38 bits per heavy atom. The smallest absolute Gasteiger partial charge is 0.338 e. The molecule has 0 aliphatic carbocycles. The van der Waals surface area contributed by atoms with Crippen LogP contribution < -0.4 is 5.32 Å². The molecule has 7 nitrogen and oxygen atoms in total. The lowest BCUT2D eigenvalue weighted by atomic mass is 10.1. The van der Waals surface area contributed by atoms with Crippen molar-refractivity contribution in [1.29, 1.82) is 0 Å². The minimum absolute atomic E-state index is 0.0727.